The fraction of sp³-hybridized carbons (Fsp3) is 0.333. The Bertz CT molecular complexity index is 757. The van der Waals surface area contributed by atoms with Gasteiger partial charge in [-0.1, -0.05) is 0 Å². The van der Waals surface area contributed by atoms with Crippen LogP contribution in [-0.4, -0.2) is 53.7 Å². The minimum absolute atomic E-state index is 0.0160. The van der Waals surface area contributed by atoms with Crippen LogP contribution in [0.15, 0.2) is 30.3 Å². The van der Waals surface area contributed by atoms with E-state index < -0.39 is 0 Å². The highest BCUT2D eigenvalue weighted by Gasteiger charge is 2.11. The molecule has 25 heavy (non-hydrogen) atoms. The second kappa shape index (κ2) is 8.34. The maximum Gasteiger partial charge on any atom is 0.274 e. The Morgan fingerprint density at radius 1 is 1.12 bits per heavy atom. The third-order valence-electron chi connectivity index (χ3n) is 3.49. The summed E-state index contributed by atoms with van der Waals surface area (Å²) in [4.78, 5) is 34.2. The van der Waals surface area contributed by atoms with Crippen molar-refractivity contribution < 1.29 is 9.59 Å². The number of likely N-dealkylation sites (N-methyl/N-ethyl adjacent to an activating group) is 1. The van der Waals surface area contributed by atoms with Crippen LogP contribution in [0, 0.1) is 6.92 Å². The van der Waals surface area contributed by atoms with Crippen molar-refractivity contribution in [3.63, 3.8) is 0 Å². The van der Waals surface area contributed by atoms with Crippen LogP contribution in [0.4, 0.5) is 11.5 Å². The number of carbonyl (C=O) groups is 2. The summed E-state index contributed by atoms with van der Waals surface area (Å²) in [5.41, 5.74) is 1.49. The summed E-state index contributed by atoms with van der Waals surface area (Å²) in [5.74, 6) is 0.799. The van der Waals surface area contributed by atoms with Gasteiger partial charge < -0.3 is 15.5 Å². The molecule has 0 aliphatic carbocycles. The lowest BCUT2D eigenvalue weighted by Crippen LogP contribution is -2.22. The molecule has 0 spiro atoms. The molecule has 7 heteroatoms. The van der Waals surface area contributed by atoms with Gasteiger partial charge in [0.25, 0.3) is 5.91 Å². The summed E-state index contributed by atoms with van der Waals surface area (Å²) in [5, 5.41) is 5.96. The quantitative estimate of drug-likeness (QED) is 0.751. The molecule has 0 saturated carbocycles. The lowest BCUT2D eigenvalue weighted by molar-refractivity contribution is 0.101. The van der Waals surface area contributed by atoms with Crippen LogP contribution in [0.5, 0.6) is 0 Å². The number of nitrogens with one attached hydrogen (secondary N) is 2. The first kappa shape index (κ1) is 18.5. The minimum atomic E-state index is -0.322. The predicted molar refractivity (Wildman–Crippen MR) is 98.2 cm³/mol. The Kier molecular flexibility index (Phi) is 6.19. The third-order valence-corrected chi connectivity index (χ3v) is 3.49. The van der Waals surface area contributed by atoms with Gasteiger partial charge in [-0.25, -0.2) is 9.97 Å². The van der Waals surface area contributed by atoms with Gasteiger partial charge >= 0.3 is 0 Å². The van der Waals surface area contributed by atoms with Crippen LogP contribution < -0.4 is 10.6 Å². The van der Waals surface area contributed by atoms with E-state index in [0.717, 1.165) is 13.1 Å². The van der Waals surface area contributed by atoms with Crippen LogP contribution in [0.2, 0.25) is 0 Å². The summed E-state index contributed by atoms with van der Waals surface area (Å²) < 4.78 is 0. The van der Waals surface area contributed by atoms with E-state index in [0.29, 0.717) is 22.9 Å². The maximum absolute atomic E-state index is 12.4. The van der Waals surface area contributed by atoms with E-state index in [-0.39, 0.29) is 17.4 Å². The zero-order valence-corrected chi connectivity index (χ0v) is 15.0. The van der Waals surface area contributed by atoms with Gasteiger partial charge in [0.15, 0.2) is 5.78 Å². The fourth-order valence-corrected chi connectivity index (χ4v) is 2.17. The summed E-state index contributed by atoms with van der Waals surface area (Å²) in [7, 11) is 3.98. The number of anilines is 2. The number of ketones is 1. The van der Waals surface area contributed by atoms with E-state index in [1.807, 2.05) is 14.1 Å². The molecule has 0 aliphatic rings. The average Bonchev–Trinajstić information content (AvgIpc) is 2.54. The molecular formula is C18H23N5O2. The molecule has 132 valence electrons. The normalized spacial score (nSPS) is 10.6. The monoisotopic (exact) mass is 341 g/mol. The topological polar surface area (TPSA) is 87.2 Å². The van der Waals surface area contributed by atoms with Crippen molar-refractivity contribution in [2.75, 3.05) is 37.8 Å². The first-order valence-corrected chi connectivity index (χ1v) is 8.02. The first-order valence-electron chi connectivity index (χ1n) is 8.02. The Hall–Kier alpha value is -2.80. The number of nitrogens with zero attached hydrogens (tertiary/aromatic N) is 3. The Labute approximate surface area is 147 Å². The number of carbonyl (C=O) groups excluding carboxylic acids is 2. The number of Topliss-reactive ketones (excluding diaryl/α,β-unsaturated/α-hetero) is 1. The van der Waals surface area contributed by atoms with Crippen molar-refractivity contribution in [1.82, 2.24) is 14.9 Å². The summed E-state index contributed by atoms with van der Waals surface area (Å²) in [6, 6.07) is 8.37. The Morgan fingerprint density at radius 3 is 2.40 bits per heavy atom. The van der Waals surface area contributed by atoms with Gasteiger partial charge in [-0.15, -0.1) is 0 Å². The lowest BCUT2D eigenvalue weighted by atomic mass is 10.1. The van der Waals surface area contributed by atoms with Gasteiger partial charge in [0, 0.05) is 30.4 Å². The van der Waals surface area contributed by atoms with Crippen molar-refractivity contribution in [1.29, 1.82) is 0 Å². The molecule has 0 aliphatic heterocycles. The van der Waals surface area contributed by atoms with Gasteiger partial charge in [0.05, 0.1) is 0 Å². The molecule has 0 unspecified atom stereocenters. The molecule has 0 bridgehead atoms. The molecular weight excluding hydrogens is 318 g/mol. The van der Waals surface area contributed by atoms with Crippen molar-refractivity contribution in [2.24, 2.45) is 0 Å². The van der Waals surface area contributed by atoms with E-state index in [4.69, 9.17) is 0 Å². The molecule has 1 heterocycles. The number of benzene rings is 1. The fourth-order valence-electron chi connectivity index (χ4n) is 2.17. The average molecular weight is 341 g/mol. The summed E-state index contributed by atoms with van der Waals surface area (Å²) in [6.07, 6.45) is 0. The molecule has 0 atom stereocenters. The van der Waals surface area contributed by atoms with Gasteiger partial charge in [-0.05, 0) is 52.2 Å². The second-order valence-electron chi connectivity index (χ2n) is 6.00. The molecule has 2 N–H and O–H groups in total. The first-order chi connectivity index (χ1) is 11.8. The van der Waals surface area contributed by atoms with E-state index >= 15 is 0 Å². The largest absolute Gasteiger partial charge is 0.369 e. The van der Waals surface area contributed by atoms with Crippen molar-refractivity contribution in [2.45, 2.75) is 13.8 Å². The predicted octanol–water partition coefficient (Wildman–Crippen LogP) is 2.21. The molecule has 0 fully saturated rings. The van der Waals surface area contributed by atoms with Crippen LogP contribution in [-0.2, 0) is 0 Å². The smallest absolute Gasteiger partial charge is 0.274 e. The molecule has 1 aromatic heterocycles. The zero-order chi connectivity index (χ0) is 18.4. The van der Waals surface area contributed by atoms with Crippen molar-refractivity contribution in [3.8, 4) is 0 Å². The molecule has 2 aromatic rings. The number of hydrogen-bond acceptors (Lipinski definition) is 6. The molecule has 1 amide bonds. The second-order valence-corrected chi connectivity index (χ2v) is 6.00. The summed E-state index contributed by atoms with van der Waals surface area (Å²) >= 11 is 0. The highest BCUT2D eigenvalue weighted by atomic mass is 16.2. The molecule has 0 radical (unpaired) electrons. The van der Waals surface area contributed by atoms with E-state index in [1.165, 1.54) is 6.92 Å². The lowest BCUT2D eigenvalue weighted by Gasteiger charge is -2.12. The number of hydrogen-bond donors (Lipinski definition) is 2. The molecule has 7 nitrogen and oxygen atoms in total. The van der Waals surface area contributed by atoms with E-state index in [9.17, 15) is 9.59 Å². The number of aromatic nitrogens is 2. The zero-order valence-electron chi connectivity index (χ0n) is 15.0. The van der Waals surface area contributed by atoms with Crippen LogP contribution in [0.1, 0.15) is 33.6 Å². The van der Waals surface area contributed by atoms with Crippen LogP contribution in [0.25, 0.3) is 0 Å². The highest BCUT2D eigenvalue weighted by Crippen LogP contribution is 2.13. The van der Waals surface area contributed by atoms with E-state index in [1.54, 1.807) is 37.3 Å². The minimum Gasteiger partial charge on any atom is -0.369 e. The van der Waals surface area contributed by atoms with Gasteiger partial charge in [0.2, 0.25) is 0 Å². The van der Waals surface area contributed by atoms with Gasteiger partial charge in [0.1, 0.15) is 17.3 Å². The van der Waals surface area contributed by atoms with Gasteiger partial charge in [-0.3, -0.25) is 9.59 Å². The van der Waals surface area contributed by atoms with Gasteiger partial charge in [-0.2, -0.15) is 0 Å². The number of amides is 1. The maximum atomic E-state index is 12.4. The third kappa shape index (κ3) is 5.65. The SMILES string of the molecule is CC(=O)c1ccc(NC(=O)c2cc(NCCN(C)C)nc(C)n2)cc1. The van der Waals surface area contributed by atoms with Crippen LogP contribution in [0.3, 0.4) is 0 Å². The van der Waals surface area contributed by atoms with E-state index in [2.05, 4.69) is 25.5 Å². The van der Waals surface area contributed by atoms with Crippen molar-refractivity contribution in [3.05, 3.63) is 47.4 Å². The highest BCUT2D eigenvalue weighted by molar-refractivity contribution is 6.03. The molecule has 0 saturated heterocycles. The standard InChI is InChI=1S/C18H23N5O2/c1-12(24)14-5-7-15(8-6-14)22-18(25)16-11-17(21-13(2)20-16)19-9-10-23(3)4/h5-8,11H,9-10H2,1-4H3,(H,22,25)(H,19,20,21). The summed E-state index contributed by atoms with van der Waals surface area (Å²) in [6.45, 7) is 4.82. The number of rotatable bonds is 7. The molecule has 1 aromatic carbocycles. The van der Waals surface area contributed by atoms with Crippen LogP contribution >= 0.6 is 0 Å². The molecule has 2 rings (SSSR count). The number of aryl methyl sites for hydroxylation is 1. The Balaban J connectivity index is 2.07. The van der Waals surface area contributed by atoms with Crippen molar-refractivity contribution >= 4 is 23.2 Å². The Morgan fingerprint density at radius 2 is 1.80 bits per heavy atom.